The number of hydrogen-bond donors (Lipinski definition) is 1. The smallest absolute Gasteiger partial charge is 0.340 e. The van der Waals surface area contributed by atoms with Crippen LogP contribution in [-0.2, 0) is 17.8 Å². The van der Waals surface area contributed by atoms with Crippen molar-refractivity contribution in [3.8, 4) is 5.75 Å². The highest BCUT2D eigenvalue weighted by atomic mass is 16.5. The fourth-order valence-electron chi connectivity index (χ4n) is 4.86. The first-order valence-electron chi connectivity index (χ1n) is 12.5. The van der Waals surface area contributed by atoms with Crippen LogP contribution in [0.25, 0.3) is 21.9 Å². The first-order valence-corrected chi connectivity index (χ1v) is 12.5. The maximum atomic E-state index is 12.9. The van der Waals surface area contributed by atoms with Gasteiger partial charge in [0.2, 0.25) is 0 Å². The molecule has 7 heteroatoms. The summed E-state index contributed by atoms with van der Waals surface area (Å²) in [6.45, 7) is 7.09. The monoisotopic (exact) mass is 497 g/mol. The largest absolute Gasteiger partial charge is 0.491 e. The highest BCUT2D eigenvalue weighted by molar-refractivity contribution is 6.06. The van der Waals surface area contributed by atoms with Crippen LogP contribution in [0, 0.1) is 13.8 Å². The minimum atomic E-state index is -0.735. The number of carbonyl (C=O) groups is 1. The molecule has 0 bridgehead atoms. The average Bonchev–Trinajstić information content (AvgIpc) is 3.36. The summed E-state index contributed by atoms with van der Waals surface area (Å²) < 4.78 is 15.5. The van der Waals surface area contributed by atoms with E-state index in [0.717, 1.165) is 39.0 Å². The molecular weight excluding hydrogens is 466 g/mol. The number of hydrogen-bond acceptors (Lipinski definition) is 5. The van der Waals surface area contributed by atoms with Crippen LogP contribution in [0.1, 0.15) is 34.4 Å². The van der Waals surface area contributed by atoms with Crippen LogP contribution < -0.4 is 4.74 Å². The van der Waals surface area contributed by atoms with Gasteiger partial charge in [0.05, 0.1) is 29.7 Å². The van der Waals surface area contributed by atoms with Crippen molar-refractivity contribution >= 4 is 27.9 Å². The summed E-state index contributed by atoms with van der Waals surface area (Å²) in [5.41, 5.74) is 5.34. The number of ether oxygens (including phenoxy) is 2. The Labute approximate surface area is 215 Å². The summed E-state index contributed by atoms with van der Waals surface area (Å²) in [5, 5.41) is 11.5. The standard InChI is InChI=1S/C30H31N3O4/c1-4-36-30(35)29-20(2)32(17-22-10-6-5-7-11-22)27-15-14-24(16-25(27)29)37-19-23(34)18-33-21(3)31-26-12-8-9-13-28(26)33/h5-16,23,34H,4,17-19H2,1-3H3. The van der Waals surface area contributed by atoms with Crippen LogP contribution in [-0.4, -0.2) is 44.5 Å². The predicted octanol–water partition coefficient (Wildman–Crippen LogP) is 5.27. The molecule has 190 valence electrons. The molecule has 0 fully saturated rings. The molecule has 37 heavy (non-hydrogen) atoms. The summed E-state index contributed by atoms with van der Waals surface area (Å²) in [6, 6.07) is 23.7. The Kier molecular flexibility index (Phi) is 6.97. The molecule has 1 atom stereocenters. The van der Waals surface area contributed by atoms with Gasteiger partial charge < -0.3 is 23.7 Å². The van der Waals surface area contributed by atoms with E-state index in [1.165, 1.54) is 0 Å². The zero-order valence-corrected chi connectivity index (χ0v) is 21.3. The molecule has 0 amide bonds. The number of aliphatic hydroxyl groups excluding tert-OH is 1. The van der Waals surface area contributed by atoms with Crippen LogP contribution >= 0.6 is 0 Å². The van der Waals surface area contributed by atoms with E-state index in [9.17, 15) is 9.90 Å². The van der Waals surface area contributed by atoms with E-state index in [1.807, 2.05) is 79.1 Å². The molecule has 7 nitrogen and oxygen atoms in total. The number of fused-ring (bicyclic) bond motifs is 2. The number of aryl methyl sites for hydroxylation is 1. The van der Waals surface area contributed by atoms with Gasteiger partial charge in [-0.2, -0.15) is 0 Å². The third-order valence-electron chi connectivity index (χ3n) is 6.64. The zero-order valence-electron chi connectivity index (χ0n) is 21.3. The number of imidazole rings is 1. The number of aromatic nitrogens is 3. The Bertz CT molecular complexity index is 1550. The molecule has 0 radical (unpaired) electrons. The van der Waals surface area contributed by atoms with Crippen molar-refractivity contribution in [1.82, 2.24) is 14.1 Å². The van der Waals surface area contributed by atoms with Crippen molar-refractivity contribution in [3.63, 3.8) is 0 Å². The molecule has 3 aromatic carbocycles. The molecular formula is C30H31N3O4. The van der Waals surface area contributed by atoms with Crippen molar-refractivity contribution in [2.75, 3.05) is 13.2 Å². The van der Waals surface area contributed by atoms with Crippen LogP contribution in [0.15, 0.2) is 72.8 Å². The third-order valence-corrected chi connectivity index (χ3v) is 6.64. The first kappa shape index (κ1) is 24.6. The number of rotatable bonds is 9. The topological polar surface area (TPSA) is 78.5 Å². The van der Waals surface area contributed by atoms with Crippen molar-refractivity contribution in [2.45, 2.75) is 40.0 Å². The summed E-state index contributed by atoms with van der Waals surface area (Å²) in [6.07, 6.45) is -0.735. The van der Waals surface area contributed by atoms with E-state index in [2.05, 4.69) is 21.7 Å². The predicted molar refractivity (Wildman–Crippen MR) is 144 cm³/mol. The fourth-order valence-corrected chi connectivity index (χ4v) is 4.86. The lowest BCUT2D eigenvalue weighted by Gasteiger charge is -2.15. The maximum Gasteiger partial charge on any atom is 0.340 e. The van der Waals surface area contributed by atoms with Gasteiger partial charge in [0, 0.05) is 23.1 Å². The van der Waals surface area contributed by atoms with E-state index >= 15 is 0 Å². The minimum Gasteiger partial charge on any atom is -0.491 e. The molecule has 1 unspecified atom stereocenters. The lowest BCUT2D eigenvalue weighted by atomic mass is 10.1. The second kappa shape index (κ2) is 10.5. The van der Waals surface area contributed by atoms with Crippen molar-refractivity contribution in [3.05, 3.63) is 95.4 Å². The lowest BCUT2D eigenvalue weighted by molar-refractivity contribution is 0.0527. The molecule has 1 N–H and O–H groups in total. The van der Waals surface area contributed by atoms with Crippen LogP contribution in [0.3, 0.4) is 0 Å². The Morgan fingerprint density at radius 2 is 1.73 bits per heavy atom. The van der Waals surface area contributed by atoms with E-state index in [4.69, 9.17) is 9.47 Å². The summed E-state index contributed by atoms with van der Waals surface area (Å²) in [5.74, 6) is 1.08. The third kappa shape index (κ3) is 4.95. The fraction of sp³-hybridized carbons (Fsp3) is 0.267. The van der Waals surface area contributed by atoms with Gasteiger partial charge >= 0.3 is 5.97 Å². The number of carbonyl (C=O) groups excluding carboxylic acids is 1. The Balaban J connectivity index is 1.40. The molecule has 0 spiro atoms. The molecule has 0 aliphatic heterocycles. The molecule has 5 aromatic rings. The first-order chi connectivity index (χ1) is 18.0. The number of nitrogens with zero attached hydrogens (tertiary/aromatic N) is 3. The molecule has 0 saturated carbocycles. The minimum absolute atomic E-state index is 0.107. The maximum absolute atomic E-state index is 12.9. The van der Waals surface area contributed by atoms with Gasteiger partial charge in [-0.15, -0.1) is 0 Å². The lowest BCUT2D eigenvalue weighted by Crippen LogP contribution is -2.24. The van der Waals surface area contributed by atoms with E-state index in [1.54, 1.807) is 6.92 Å². The van der Waals surface area contributed by atoms with Gasteiger partial charge in [-0.3, -0.25) is 0 Å². The number of benzene rings is 3. The molecule has 2 heterocycles. The van der Waals surface area contributed by atoms with Crippen molar-refractivity contribution in [2.24, 2.45) is 0 Å². The molecule has 0 aliphatic rings. The number of para-hydroxylation sites is 2. The van der Waals surface area contributed by atoms with Gasteiger partial charge in [0.15, 0.2) is 0 Å². The molecule has 0 saturated heterocycles. The highest BCUT2D eigenvalue weighted by Crippen LogP contribution is 2.31. The average molecular weight is 498 g/mol. The Morgan fingerprint density at radius 3 is 2.51 bits per heavy atom. The SMILES string of the molecule is CCOC(=O)c1c(C)n(Cc2ccccc2)c2ccc(OCC(O)Cn3c(C)nc4ccccc43)cc12. The number of esters is 1. The van der Waals surface area contributed by atoms with Crippen LogP contribution in [0.4, 0.5) is 0 Å². The normalized spacial score (nSPS) is 12.2. The van der Waals surface area contributed by atoms with Crippen molar-refractivity contribution < 1.29 is 19.4 Å². The highest BCUT2D eigenvalue weighted by Gasteiger charge is 2.22. The second-order valence-electron chi connectivity index (χ2n) is 9.15. The summed E-state index contributed by atoms with van der Waals surface area (Å²) in [7, 11) is 0. The van der Waals surface area contributed by atoms with Gasteiger partial charge in [-0.1, -0.05) is 42.5 Å². The Morgan fingerprint density at radius 1 is 0.973 bits per heavy atom. The molecule has 5 rings (SSSR count). The molecule has 0 aliphatic carbocycles. The molecule has 2 aromatic heterocycles. The van der Waals surface area contributed by atoms with Gasteiger partial charge in [-0.05, 0) is 56.7 Å². The van der Waals surface area contributed by atoms with Crippen molar-refractivity contribution in [1.29, 1.82) is 0 Å². The quantitative estimate of drug-likeness (QED) is 0.281. The zero-order chi connectivity index (χ0) is 25.9. The summed E-state index contributed by atoms with van der Waals surface area (Å²) in [4.78, 5) is 17.5. The van der Waals surface area contributed by atoms with E-state index < -0.39 is 6.10 Å². The van der Waals surface area contributed by atoms with Gasteiger partial charge in [-0.25, -0.2) is 9.78 Å². The number of aliphatic hydroxyl groups is 1. The van der Waals surface area contributed by atoms with Gasteiger partial charge in [0.25, 0.3) is 0 Å². The van der Waals surface area contributed by atoms with E-state index in [0.29, 0.717) is 31.0 Å². The second-order valence-corrected chi connectivity index (χ2v) is 9.15. The summed E-state index contributed by atoms with van der Waals surface area (Å²) >= 11 is 0. The van der Waals surface area contributed by atoms with Gasteiger partial charge in [0.1, 0.15) is 24.3 Å². The van der Waals surface area contributed by atoms with Crippen LogP contribution in [0.2, 0.25) is 0 Å². The van der Waals surface area contributed by atoms with E-state index in [-0.39, 0.29) is 12.6 Å². The van der Waals surface area contributed by atoms with Crippen LogP contribution in [0.5, 0.6) is 5.75 Å². The Hall–Kier alpha value is -4.10.